The van der Waals surface area contributed by atoms with E-state index in [2.05, 4.69) is 10.1 Å². The summed E-state index contributed by atoms with van der Waals surface area (Å²) in [5.74, 6) is -2.13. The number of ketones is 1. The van der Waals surface area contributed by atoms with Gasteiger partial charge < -0.3 is 21.7 Å². The van der Waals surface area contributed by atoms with Gasteiger partial charge in [-0.3, -0.25) is 9.59 Å². The normalized spacial score (nSPS) is 13.2. The second kappa shape index (κ2) is 8.95. The number of rotatable bonds is 9. The molecule has 20 heavy (non-hydrogen) atoms. The van der Waals surface area contributed by atoms with Gasteiger partial charge in [0.2, 0.25) is 11.7 Å². The number of nitrogens with zero attached hydrogens (tertiary/aromatic N) is 2. The molecule has 0 fully saturated rings. The predicted octanol–water partition coefficient (Wildman–Crippen LogP) is -0.421. The fourth-order valence-electron chi connectivity index (χ4n) is 1.57. The number of carbonyl (C=O) groups excluding carboxylic acids is 2. The molecule has 8 nitrogen and oxygen atoms in total. The lowest BCUT2D eigenvalue weighted by Crippen LogP contribution is -2.49. The van der Waals surface area contributed by atoms with Gasteiger partial charge in [0.05, 0.1) is 6.04 Å². The summed E-state index contributed by atoms with van der Waals surface area (Å²) in [6, 6.07) is -1.98. The van der Waals surface area contributed by atoms with Crippen LogP contribution in [0.5, 0.6) is 0 Å². The molecule has 0 aliphatic heterocycles. The minimum Gasteiger partial charge on any atom is -0.480 e. The number of nitrogens with one attached hydrogen (secondary N) is 1. The van der Waals surface area contributed by atoms with Gasteiger partial charge in [0.25, 0.3) is 0 Å². The number of hydrogen-bond donors (Lipinski definition) is 3. The maximum absolute atomic E-state index is 11.7. The van der Waals surface area contributed by atoms with Crippen molar-refractivity contribution in [2.24, 2.45) is 11.7 Å². The van der Waals surface area contributed by atoms with E-state index in [1.165, 1.54) is 0 Å². The highest BCUT2D eigenvalue weighted by atomic mass is 16.4. The van der Waals surface area contributed by atoms with Crippen LogP contribution in [0.15, 0.2) is 0 Å². The average Bonchev–Trinajstić information content (AvgIpc) is 2.33. The quantitative estimate of drug-likeness (QED) is 0.299. The molecule has 0 aromatic heterocycles. The number of hydrogen-bond acceptors (Lipinski definition) is 4. The molecule has 0 radical (unpaired) electrons. The van der Waals surface area contributed by atoms with Gasteiger partial charge in [0.15, 0.2) is 0 Å². The largest absolute Gasteiger partial charge is 0.480 e. The smallest absolute Gasteiger partial charge is 0.326 e. The zero-order valence-electron chi connectivity index (χ0n) is 11.6. The van der Waals surface area contributed by atoms with E-state index in [1.54, 1.807) is 0 Å². The lowest BCUT2D eigenvalue weighted by molar-refractivity contribution is -0.142. The molecule has 0 heterocycles. The lowest BCUT2D eigenvalue weighted by atomic mass is 10.0. The standard InChI is InChI=1S/C12H20N4O4/c1-7(2)5-9(13)11(18)16-10(12(19)20)4-3-8(17)6-15-14/h6-7,9-10H,3-5,13H2,1-2H3,(H,16,18)(H,19,20)/t9-,10-/m0/s1. The third kappa shape index (κ3) is 7.40. The van der Waals surface area contributed by atoms with Crippen molar-refractivity contribution in [2.75, 3.05) is 0 Å². The van der Waals surface area contributed by atoms with Gasteiger partial charge in [0.1, 0.15) is 6.04 Å². The molecular formula is C12H20N4O4. The zero-order valence-corrected chi connectivity index (χ0v) is 11.6. The molecule has 0 bridgehead atoms. The molecular weight excluding hydrogens is 264 g/mol. The summed E-state index contributed by atoms with van der Waals surface area (Å²) >= 11 is 0. The average molecular weight is 284 g/mol. The van der Waals surface area contributed by atoms with Crippen molar-refractivity contribution < 1.29 is 24.3 Å². The van der Waals surface area contributed by atoms with Crippen LogP contribution in [0.1, 0.15) is 33.1 Å². The Labute approximate surface area is 117 Å². The number of carboxylic acids is 1. The zero-order chi connectivity index (χ0) is 15.7. The highest BCUT2D eigenvalue weighted by molar-refractivity contribution is 6.25. The molecule has 8 heteroatoms. The number of nitrogens with two attached hydrogens (primary N) is 1. The summed E-state index contributed by atoms with van der Waals surface area (Å²) in [6.07, 6.45) is 0.876. The van der Waals surface area contributed by atoms with Crippen LogP contribution >= 0.6 is 0 Å². The fraction of sp³-hybridized carbons (Fsp3) is 0.667. The second-order valence-electron chi connectivity index (χ2n) is 4.89. The van der Waals surface area contributed by atoms with Gasteiger partial charge in [-0.15, -0.1) is 0 Å². The first-order valence-electron chi connectivity index (χ1n) is 6.27. The van der Waals surface area contributed by atoms with Crippen LogP contribution in [-0.2, 0) is 14.4 Å². The summed E-state index contributed by atoms with van der Waals surface area (Å²) in [4.78, 5) is 36.4. The molecule has 0 unspecified atom stereocenters. The molecule has 1 amide bonds. The molecule has 0 saturated heterocycles. The Balaban J connectivity index is 4.47. The molecule has 112 valence electrons. The van der Waals surface area contributed by atoms with Crippen LogP contribution in [0.25, 0.3) is 5.53 Å². The minimum absolute atomic E-state index is 0.0969. The Morgan fingerprint density at radius 2 is 2.00 bits per heavy atom. The number of carboxylic acid groups (broad SMARTS) is 1. The van der Waals surface area contributed by atoms with Crippen LogP contribution < -0.4 is 11.1 Å². The first-order chi connectivity index (χ1) is 9.27. The Morgan fingerprint density at radius 1 is 1.40 bits per heavy atom. The molecule has 0 rings (SSSR count). The maximum Gasteiger partial charge on any atom is 0.326 e. The van der Waals surface area contributed by atoms with Crippen LogP contribution in [-0.4, -0.2) is 45.9 Å². The third-order valence-corrected chi connectivity index (χ3v) is 2.56. The third-order valence-electron chi connectivity index (χ3n) is 2.56. The summed E-state index contributed by atoms with van der Waals surface area (Å²) in [5, 5.41) is 11.3. The van der Waals surface area contributed by atoms with E-state index < -0.39 is 29.7 Å². The van der Waals surface area contributed by atoms with E-state index in [-0.39, 0.29) is 18.8 Å². The van der Waals surface area contributed by atoms with Crippen molar-refractivity contribution in [1.82, 2.24) is 5.32 Å². The summed E-state index contributed by atoms with van der Waals surface area (Å²) in [7, 11) is 0. The van der Waals surface area contributed by atoms with Gasteiger partial charge in [0, 0.05) is 6.42 Å². The van der Waals surface area contributed by atoms with Crippen LogP contribution in [0.2, 0.25) is 0 Å². The Hall–Kier alpha value is -2.05. The molecule has 0 aromatic rings. The van der Waals surface area contributed by atoms with E-state index in [9.17, 15) is 14.4 Å². The summed E-state index contributed by atoms with van der Waals surface area (Å²) < 4.78 is 0. The monoisotopic (exact) mass is 284 g/mol. The van der Waals surface area contributed by atoms with Crippen molar-refractivity contribution >= 4 is 23.9 Å². The van der Waals surface area contributed by atoms with Crippen molar-refractivity contribution in [3.8, 4) is 0 Å². The van der Waals surface area contributed by atoms with Crippen molar-refractivity contribution in [3.05, 3.63) is 5.53 Å². The fourth-order valence-corrected chi connectivity index (χ4v) is 1.57. The van der Waals surface area contributed by atoms with Crippen molar-refractivity contribution in [3.63, 3.8) is 0 Å². The van der Waals surface area contributed by atoms with E-state index in [0.29, 0.717) is 12.6 Å². The highest BCUT2D eigenvalue weighted by Crippen LogP contribution is 2.04. The molecule has 0 aromatic carbocycles. The highest BCUT2D eigenvalue weighted by Gasteiger charge is 2.24. The number of aliphatic carboxylic acids is 1. The molecule has 0 aliphatic carbocycles. The Bertz CT molecular complexity index is 416. The SMILES string of the molecule is CC(C)C[C@H](N)C(=O)N[C@@H](CCC(=O)C=[N+]=[N-])C(=O)O. The van der Waals surface area contributed by atoms with Gasteiger partial charge in [-0.2, -0.15) is 4.79 Å². The second-order valence-corrected chi connectivity index (χ2v) is 4.89. The first kappa shape index (κ1) is 17.9. The van der Waals surface area contributed by atoms with Gasteiger partial charge in [-0.1, -0.05) is 13.8 Å². The lowest BCUT2D eigenvalue weighted by Gasteiger charge is -2.18. The topological polar surface area (TPSA) is 146 Å². The maximum atomic E-state index is 11.7. The van der Waals surface area contributed by atoms with E-state index >= 15 is 0 Å². The Morgan fingerprint density at radius 3 is 2.45 bits per heavy atom. The van der Waals surface area contributed by atoms with Crippen molar-refractivity contribution in [1.29, 1.82) is 0 Å². The van der Waals surface area contributed by atoms with Gasteiger partial charge >= 0.3 is 12.2 Å². The molecule has 0 aliphatic rings. The van der Waals surface area contributed by atoms with Gasteiger partial charge in [-0.25, -0.2) is 4.79 Å². The first-order valence-corrected chi connectivity index (χ1v) is 6.27. The van der Waals surface area contributed by atoms with E-state index in [0.717, 1.165) is 0 Å². The van der Waals surface area contributed by atoms with Crippen LogP contribution in [0.3, 0.4) is 0 Å². The number of amides is 1. The number of carbonyl (C=O) groups is 3. The van der Waals surface area contributed by atoms with Crippen molar-refractivity contribution in [2.45, 2.75) is 45.2 Å². The van der Waals surface area contributed by atoms with Crippen LogP contribution in [0.4, 0.5) is 0 Å². The van der Waals surface area contributed by atoms with E-state index in [4.69, 9.17) is 16.4 Å². The van der Waals surface area contributed by atoms with Crippen LogP contribution in [0, 0.1) is 5.92 Å². The predicted molar refractivity (Wildman–Crippen MR) is 70.9 cm³/mol. The summed E-state index contributed by atoms with van der Waals surface area (Å²) in [5.41, 5.74) is 13.8. The van der Waals surface area contributed by atoms with Gasteiger partial charge in [-0.05, 0) is 18.8 Å². The van der Waals surface area contributed by atoms with E-state index in [1.807, 2.05) is 13.8 Å². The molecule has 0 spiro atoms. The minimum atomic E-state index is -1.25. The molecule has 4 N–H and O–H groups in total. The molecule has 0 saturated carbocycles. The summed E-state index contributed by atoms with van der Waals surface area (Å²) in [6.45, 7) is 3.80. The number of Topliss-reactive ketones (excluding diaryl/α,β-unsaturated/α-hetero) is 1. The Kier molecular flexibility index (Phi) is 8.03. The molecule has 2 atom stereocenters.